The molecule has 0 heterocycles. The van der Waals surface area contributed by atoms with Crippen molar-refractivity contribution in [3.8, 4) is 0 Å². The number of carbonyl (C=O) groups is 1. The van der Waals surface area contributed by atoms with E-state index in [1.807, 2.05) is 0 Å². The van der Waals surface area contributed by atoms with Crippen molar-refractivity contribution in [2.45, 2.75) is 6.92 Å². The molecule has 68 valence electrons. The predicted molar refractivity (Wildman–Crippen MR) is 46.8 cm³/mol. The number of carbonyl (C=O) groups excluding carboxylic acids is 1. The van der Waals surface area contributed by atoms with Gasteiger partial charge in [0.25, 0.3) is 0 Å². The molecule has 13 heavy (non-hydrogen) atoms. The molecule has 0 aliphatic carbocycles. The van der Waals surface area contributed by atoms with Crippen LogP contribution >= 0.6 is 0 Å². The normalized spacial score (nSPS) is 11.0. The zero-order valence-electron chi connectivity index (χ0n) is 7.10. The Morgan fingerprint density at radius 1 is 1.38 bits per heavy atom. The van der Waals surface area contributed by atoms with Crippen molar-refractivity contribution < 1.29 is 14.7 Å². The molecule has 0 saturated carbocycles. The number of hydrogen-bond donors (Lipinski definition) is 1. The molecule has 0 unspecified atom stereocenters. The van der Waals surface area contributed by atoms with Crippen molar-refractivity contribution >= 4 is 11.9 Å². The Balaban J connectivity index is 2.70. The molecular formula is C9H9NO3. The van der Waals surface area contributed by atoms with E-state index in [0.29, 0.717) is 5.56 Å². The summed E-state index contributed by atoms with van der Waals surface area (Å²) in [5.41, 5.74) is 0.422. The lowest BCUT2D eigenvalue weighted by Gasteiger charge is -2.00. The fourth-order valence-corrected chi connectivity index (χ4v) is 0.788. The molecule has 4 nitrogen and oxygen atoms in total. The van der Waals surface area contributed by atoms with E-state index < -0.39 is 5.97 Å². The van der Waals surface area contributed by atoms with Crippen molar-refractivity contribution in [2.75, 3.05) is 0 Å². The fourth-order valence-electron chi connectivity index (χ4n) is 0.788. The Morgan fingerprint density at radius 3 is 2.54 bits per heavy atom. The van der Waals surface area contributed by atoms with Crippen LogP contribution in [0.15, 0.2) is 35.5 Å². The van der Waals surface area contributed by atoms with Gasteiger partial charge >= 0.3 is 5.97 Å². The second-order valence-electron chi connectivity index (χ2n) is 2.37. The van der Waals surface area contributed by atoms with Crippen molar-refractivity contribution in [3.05, 3.63) is 35.9 Å². The van der Waals surface area contributed by atoms with E-state index in [1.54, 1.807) is 30.3 Å². The molecule has 0 bridgehead atoms. The average Bonchev–Trinajstić information content (AvgIpc) is 2.19. The first kappa shape index (κ1) is 9.25. The van der Waals surface area contributed by atoms with Gasteiger partial charge in [0.2, 0.25) is 5.90 Å². The highest BCUT2D eigenvalue weighted by Gasteiger charge is 2.07. The summed E-state index contributed by atoms with van der Waals surface area (Å²) in [5.74, 6) is -0.607. The van der Waals surface area contributed by atoms with Crippen LogP contribution in [0.1, 0.15) is 17.3 Å². The van der Waals surface area contributed by atoms with Crippen molar-refractivity contribution in [2.24, 2.45) is 5.16 Å². The monoisotopic (exact) mass is 179 g/mol. The quantitative estimate of drug-likeness (QED) is 0.234. The predicted octanol–water partition coefficient (Wildman–Crippen LogP) is 1.65. The minimum atomic E-state index is -0.532. The van der Waals surface area contributed by atoms with Crippen LogP contribution in [0.5, 0.6) is 0 Å². The Labute approximate surface area is 75.4 Å². The molecule has 1 aromatic carbocycles. The van der Waals surface area contributed by atoms with Gasteiger partial charge in [-0.25, -0.2) is 4.79 Å². The number of benzene rings is 1. The highest BCUT2D eigenvalue weighted by Crippen LogP contribution is 2.01. The lowest BCUT2D eigenvalue weighted by Crippen LogP contribution is -2.09. The minimum absolute atomic E-state index is 0.0751. The number of esters is 1. The molecule has 1 aromatic rings. The topological polar surface area (TPSA) is 58.9 Å². The molecule has 1 N–H and O–H groups in total. The largest absolute Gasteiger partial charge is 0.408 e. The first-order chi connectivity index (χ1) is 6.24. The highest BCUT2D eigenvalue weighted by molar-refractivity contribution is 5.97. The Bertz CT molecular complexity index is 319. The zero-order chi connectivity index (χ0) is 9.68. The first-order valence-electron chi connectivity index (χ1n) is 3.70. The number of oxime groups is 1. The average molecular weight is 179 g/mol. The standard InChI is InChI=1S/C9H9NO3/c1-7(10-12)13-9(11)8-5-3-2-4-6-8/h2-6,12H,1H3. The minimum Gasteiger partial charge on any atom is -0.408 e. The van der Waals surface area contributed by atoms with Gasteiger partial charge in [0.05, 0.1) is 5.56 Å². The summed E-state index contributed by atoms with van der Waals surface area (Å²) in [6, 6.07) is 8.48. The SMILES string of the molecule is CC(=NO)OC(=O)c1ccccc1. The Morgan fingerprint density at radius 2 is 2.00 bits per heavy atom. The molecule has 0 aliphatic heterocycles. The molecule has 0 amide bonds. The third-order valence-electron chi connectivity index (χ3n) is 1.39. The van der Waals surface area contributed by atoms with Gasteiger partial charge < -0.3 is 9.94 Å². The molecule has 0 aromatic heterocycles. The van der Waals surface area contributed by atoms with Gasteiger partial charge in [-0.2, -0.15) is 0 Å². The first-order valence-corrected chi connectivity index (χ1v) is 3.70. The van der Waals surface area contributed by atoms with Crippen molar-refractivity contribution in [1.29, 1.82) is 0 Å². The molecule has 0 fully saturated rings. The summed E-state index contributed by atoms with van der Waals surface area (Å²) in [6.07, 6.45) is 0. The molecule has 0 atom stereocenters. The van der Waals surface area contributed by atoms with E-state index in [1.165, 1.54) is 6.92 Å². The molecule has 0 spiro atoms. The number of hydrogen-bond acceptors (Lipinski definition) is 4. The molecule has 0 radical (unpaired) electrons. The Kier molecular flexibility index (Phi) is 3.03. The molecule has 4 heteroatoms. The van der Waals surface area contributed by atoms with Gasteiger partial charge in [-0.3, -0.25) is 0 Å². The smallest absolute Gasteiger partial charge is 0.344 e. The van der Waals surface area contributed by atoms with Gasteiger partial charge in [0.15, 0.2) is 0 Å². The van der Waals surface area contributed by atoms with Crippen LogP contribution in [0, 0.1) is 0 Å². The summed E-state index contributed by atoms with van der Waals surface area (Å²) in [4.78, 5) is 11.2. The lowest BCUT2D eigenvalue weighted by atomic mass is 10.2. The van der Waals surface area contributed by atoms with Crippen molar-refractivity contribution in [1.82, 2.24) is 0 Å². The van der Waals surface area contributed by atoms with E-state index in [2.05, 4.69) is 9.89 Å². The van der Waals surface area contributed by atoms with Gasteiger partial charge in [-0.1, -0.05) is 23.4 Å². The van der Waals surface area contributed by atoms with E-state index in [-0.39, 0.29) is 5.90 Å². The molecular weight excluding hydrogens is 170 g/mol. The summed E-state index contributed by atoms with van der Waals surface area (Å²) < 4.78 is 4.65. The highest BCUT2D eigenvalue weighted by atomic mass is 16.6. The van der Waals surface area contributed by atoms with E-state index >= 15 is 0 Å². The fraction of sp³-hybridized carbons (Fsp3) is 0.111. The summed E-state index contributed by atoms with van der Waals surface area (Å²) in [5, 5.41) is 11.0. The second-order valence-corrected chi connectivity index (χ2v) is 2.37. The van der Waals surface area contributed by atoms with Crippen LogP contribution in [0.2, 0.25) is 0 Å². The van der Waals surface area contributed by atoms with E-state index in [0.717, 1.165) is 0 Å². The maximum Gasteiger partial charge on any atom is 0.344 e. The second kappa shape index (κ2) is 4.25. The van der Waals surface area contributed by atoms with Crippen LogP contribution in [-0.2, 0) is 4.74 Å². The van der Waals surface area contributed by atoms with Crippen LogP contribution in [0.4, 0.5) is 0 Å². The molecule has 1 rings (SSSR count). The summed E-state index contributed by atoms with van der Waals surface area (Å²) in [7, 11) is 0. The van der Waals surface area contributed by atoms with Crippen LogP contribution in [0.3, 0.4) is 0 Å². The lowest BCUT2D eigenvalue weighted by molar-refractivity contribution is 0.0705. The third-order valence-corrected chi connectivity index (χ3v) is 1.39. The Hall–Kier alpha value is -1.84. The van der Waals surface area contributed by atoms with E-state index in [9.17, 15) is 4.79 Å². The summed E-state index contributed by atoms with van der Waals surface area (Å²) in [6.45, 7) is 1.39. The van der Waals surface area contributed by atoms with Gasteiger partial charge in [-0.05, 0) is 12.1 Å². The van der Waals surface area contributed by atoms with Crippen LogP contribution in [-0.4, -0.2) is 17.1 Å². The summed E-state index contributed by atoms with van der Waals surface area (Å²) >= 11 is 0. The molecule has 0 aliphatic rings. The number of nitrogens with zero attached hydrogens (tertiary/aromatic N) is 1. The maximum atomic E-state index is 11.2. The van der Waals surface area contributed by atoms with Gasteiger partial charge in [0.1, 0.15) is 0 Å². The number of rotatable bonds is 1. The third kappa shape index (κ3) is 2.59. The van der Waals surface area contributed by atoms with Crippen molar-refractivity contribution in [3.63, 3.8) is 0 Å². The zero-order valence-corrected chi connectivity index (χ0v) is 7.10. The van der Waals surface area contributed by atoms with Crippen LogP contribution < -0.4 is 0 Å². The molecule has 0 saturated heterocycles. The van der Waals surface area contributed by atoms with Crippen LogP contribution in [0.25, 0.3) is 0 Å². The number of ether oxygens (including phenoxy) is 1. The van der Waals surface area contributed by atoms with E-state index in [4.69, 9.17) is 5.21 Å². The maximum absolute atomic E-state index is 11.2. The van der Waals surface area contributed by atoms with Gasteiger partial charge in [0, 0.05) is 6.92 Å². The van der Waals surface area contributed by atoms with Gasteiger partial charge in [-0.15, -0.1) is 0 Å².